The maximum Gasteiger partial charge on any atom is 0.255 e. The zero-order valence-electron chi connectivity index (χ0n) is 11.6. The van der Waals surface area contributed by atoms with Gasteiger partial charge >= 0.3 is 0 Å². The molecule has 0 radical (unpaired) electrons. The van der Waals surface area contributed by atoms with Crippen molar-refractivity contribution >= 4 is 33.6 Å². The summed E-state index contributed by atoms with van der Waals surface area (Å²) in [6, 6.07) is 5.90. The van der Waals surface area contributed by atoms with Gasteiger partial charge in [-0.05, 0) is 25.2 Å². The summed E-state index contributed by atoms with van der Waals surface area (Å²) in [7, 11) is 2.09. The minimum atomic E-state index is 0.131. The number of nitrogens with zero attached hydrogens (tertiary/aromatic N) is 2. The SMILES string of the molecule is C=CCSc1ccc(Br)cc1C(=O)N1CCN(C)CC1. The summed E-state index contributed by atoms with van der Waals surface area (Å²) in [5, 5.41) is 0. The minimum Gasteiger partial charge on any atom is -0.336 e. The summed E-state index contributed by atoms with van der Waals surface area (Å²) in [4.78, 5) is 17.9. The van der Waals surface area contributed by atoms with Gasteiger partial charge in [0.25, 0.3) is 5.91 Å². The first-order valence-corrected chi connectivity index (χ1v) is 8.40. The summed E-state index contributed by atoms with van der Waals surface area (Å²) in [5.74, 6) is 0.941. The predicted octanol–water partition coefficient (Wildman–Crippen LogP) is 3.11. The van der Waals surface area contributed by atoms with Crippen molar-refractivity contribution in [1.29, 1.82) is 0 Å². The van der Waals surface area contributed by atoms with Crippen LogP contribution in [0.1, 0.15) is 10.4 Å². The summed E-state index contributed by atoms with van der Waals surface area (Å²) in [6.45, 7) is 7.21. The van der Waals surface area contributed by atoms with Gasteiger partial charge in [0, 0.05) is 41.3 Å². The third kappa shape index (κ3) is 3.87. The molecule has 1 heterocycles. The third-order valence-corrected chi connectivity index (χ3v) is 4.88. The number of benzene rings is 1. The molecule has 0 unspecified atom stereocenters. The second-order valence-electron chi connectivity index (χ2n) is 4.84. The fraction of sp³-hybridized carbons (Fsp3) is 0.400. The lowest BCUT2D eigenvalue weighted by Crippen LogP contribution is -2.47. The summed E-state index contributed by atoms with van der Waals surface area (Å²) in [6.07, 6.45) is 1.86. The highest BCUT2D eigenvalue weighted by atomic mass is 79.9. The Morgan fingerprint density at radius 3 is 2.75 bits per heavy atom. The monoisotopic (exact) mass is 354 g/mol. The number of thioether (sulfide) groups is 1. The second-order valence-corrected chi connectivity index (χ2v) is 6.81. The van der Waals surface area contributed by atoms with E-state index < -0.39 is 0 Å². The van der Waals surface area contributed by atoms with Gasteiger partial charge in [-0.1, -0.05) is 22.0 Å². The molecule has 1 saturated heterocycles. The Morgan fingerprint density at radius 1 is 1.40 bits per heavy atom. The molecule has 0 aliphatic carbocycles. The van der Waals surface area contributed by atoms with E-state index in [1.165, 1.54) is 0 Å². The highest BCUT2D eigenvalue weighted by molar-refractivity contribution is 9.10. The number of hydrogen-bond acceptors (Lipinski definition) is 3. The molecular weight excluding hydrogens is 336 g/mol. The van der Waals surface area contributed by atoms with Crippen molar-refractivity contribution in [2.24, 2.45) is 0 Å². The summed E-state index contributed by atoms with van der Waals surface area (Å²) >= 11 is 5.11. The normalized spacial score (nSPS) is 16.2. The van der Waals surface area contributed by atoms with Crippen molar-refractivity contribution < 1.29 is 4.79 Å². The van der Waals surface area contributed by atoms with Crippen LogP contribution in [0.4, 0.5) is 0 Å². The Hall–Kier alpha value is -0.780. The second kappa shape index (κ2) is 7.29. The van der Waals surface area contributed by atoms with Gasteiger partial charge in [0.1, 0.15) is 0 Å². The van der Waals surface area contributed by atoms with E-state index in [1.54, 1.807) is 11.8 Å². The van der Waals surface area contributed by atoms with E-state index in [4.69, 9.17) is 0 Å². The van der Waals surface area contributed by atoms with Gasteiger partial charge < -0.3 is 9.80 Å². The van der Waals surface area contributed by atoms with E-state index >= 15 is 0 Å². The van der Waals surface area contributed by atoms with Crippen LogP contribution in [0.25, 0.3) is 0 Å². The van der Waals surface area contributed by atoms with Crippen LogP contribution >= 0.6 is 27.7 Å². The predicted molar refractivity (Wildman–Crippen MR) is 88.5 cm³/mol. The highest BCUT2D eigenvalue weighted by Gasteiger charge is 2.22. The van der Waals surface area contributed by atoms with Crippen LogP contribution in [0.5, 0.6) is 0 Å². The Labute approximate surface area is 133 Å². The first-order chi connectivity index (χ1) is 9.61. The number of halogens is 1. The van der Waals surface area contributed by atoms with Crippen molar-refractivity contribution in [3.05, 3.63) is 40.9 Å². The molecule has 1 aromatic carbocycles. The lowest BCUT2D eigenvalue weighted by molar-refractivity contribution is 0.0660. The van der Waals surface area contributed by atoms with Crippen LogP contribution in [-0.2, 0) is 0 Å². The fourth-order valence-corrected chi connectivity index (χ4v) is 3.25. The van der Waals surface area contributed by atoms with Gasteiger partial charge in [-0.25, -0.2) is 0 Å². The van der Waals surface area contributed by atoms with Crippen LogP contribution in [0.3, 0.4) is 0 Å². The Morgan fingerprint density at radius 2 is 2.10 bits per heavy atom. The highest BCUT2D eigenvalue weighted by Crippen LogP contribution is 2.27. The summed E-state index contributed by atoms with van der Waals surface area (Å²) in [5.41, 5.74) is 0.788. The molecule has 0 bridgehead atoms. The molecule has 0 saturated carbocycles. The summed E-state index contributed by atoms with van der Waals surface area (Å²) < 4.78 is 0.943. The van der Waals surface area contributed by atoms with Gasteiger partial charge in [0.2, 0.25) is 0 Å². The molecule has 0 spiro atoms. The molecule has 1 aromatic rings. The van der Waals surface area contributed by atoms with Crippen LogP contribution in [0, 0.1) is 0 Å². The van der Waals surface area contributed by atoms with E-state index in [2.05, 4.69) is 34.5 Å². The molecule has 108 valence electrons. The molecule has 5 heteroatoms. The molecule has 1 fully saturated rings. The standard InChI is InChI=1S/C15H19BrN2OS/c1-3-10-20-14-5-4-12(16)11-13(14)15(19)18-8-6-17(2)7-9-18/h3-5,11H,1,6-10H2,2H3. The number of piperazine rings is 1. The van der Waals surface area contributed by atoms with Crippen molar-refractivity contribution in [2.45, 2.75) is 4.90 Å². The molecule has 3 nitrogen and oxygen atoms in total. The van der Waals surface area contributed by atoms with E-state index in [0.29, 0.717) is 0 Å². The van der Waals surface area contributed by atoms with Crippen molar-refractivity contribution in [1.82, 2.24) is 9.80 Å². The topological polar surface area (TPSA) is 23.6 Å². The number of carbonyl (C=O) groups excluding carboxylic acids is 1. The molecule has 1 aliphatic rings. The molecular formula is C15H19BrN2OS. The Kier molecular flexibility index (Phi) is 5.69. The van der Waals surface area contributed by atoms with Crippen molar-refractivity contribution in [2.75, 3.05) is 39.0 Å². The van der Waals surface area contributed by atoms with E-state index in [-0.39, 0.29) is 5.91 Å². The number of likely N-dealkylation sites (N-methyl/N-ethyl adjacent to an activating group) is 1. The van der Waals surface area contributed by atoms with Gasteiger partial charge in [-0.3, -0.25) is 4.79 Å². The van der Waals surface area contributed by atoms with E-state index in [9.17, 15) is 4.79 Å². The van der Waals surface area contributed by atoms with E-state index in [0.717, 1.165) is 46.9 Å². The Balaban J connectivity index is 2.19. The Bertz CT molecular complexity index is 499. The quantitative estimate of drug-likeness (QED) is 0.613. The van der Waals surface area contributed by atoms with Gasteiger partial charge in [-0.2, -0.15) is 0 Å². The lowest BCUT2D eigenvalue weighted by atomic mass is 10.2. The van der Waals surface area contributed by atoms with Crippen LogP contribution in [0.15, 0.2) is 40.2 Å². The molecule has 0 atom stereocenters. The minimum absolute atomic E-state index is 0.131. The average molecular weight is 355 g/mol. The third-order valence-electron chi connectivity index (χ3n) is 3.32. The van der Waals surface area contributed by atoms with Gasteiger partial charge in [0.15, 0.2) is 0 Å². The number of rotatable bonds is 4. The largest absolute Gasteiger partial charge is 0.336 e. The number of hydrogen-bond donors (Lipinski definition) is 0. The lowest BCUT2D eigenvalue weighted by Gasteiger charge is -2.32. The first-order valence-electron chi connectivity index (χ1n) is 6.63. The van der Waals surface area contributed by atoms with Gasteiger partial charge in [0.05, 0.1) is 5.56 Å². The number of carbonyl (C=O) groups is 1. The van der Waals surface area contributed by atoms with Crippen LogP contribution in [-0.4, -0.2) is 54.7 Å². The first kappa shape index (κ1) is 15.6. The van der Waals surface area contributed by atoms with Crippen molar-refractivity contribution in [3.8, 4) is 0 Å². The number of amides is 1. The van der Waals surface area contributed by atoms with Crippen LogP contribution in [0.2, 0.25) is 0 Å². The zero-order chi connectivity index (χ0) is 14.5. The molecule has 1 aliphatic heterocycles. The molecule has 0 aromatic heterocycles. The zero-order valence-corrected chi connectivity index (χ0v) is 14.0. The van der Waals surface area contributed by atoms with Gasteiger partial charge in [-0.15, -0.1) is 18.3 Å². The molecule has 1 amide bonds. The van der Waals surface area contributed by atoms with Crippen molar-refractivity contribution in [3.63, 3.8) is 0 Å². The molecule has 2 rings (SSSR count). The molecule has 20 heavy (non-hydrogen) atoms. The maximum absolute atomic E-state index is 12.7. The van der Waals surface area contributed by atoms with Crippen LogP contribution < -0.4 is 0 Å². The molecule has 0 N–H and O–H groups in total. The maximum atomic E-state index is 12.7. The fourth-order valence-electron chi connectivity index (χ4n) is 2.12. The smallest absolute Gasteiger partial charge is 0.255 e. The van der Waals surface area contributed by atoms with E-state index in [1.807, 2.05) is 29.2 Å². The average Bonchev–Trinajstić information content (AvgIpc) is 2.46.